The van der Waals surface area contributed by atoms with Crippen LogP contribution in [-0.2, 0) is 0 Å². The molecule has 0 atom stereocenters. The fourth-order valence-electron chi connectivity index (χ4n) is 8.65. The van der Waals surface area contributed by atoms with Crippen LogP contribution >= 0.6 is 0 Å². The molecule has 0 aliphatic rings. The van der Waals surface area contributed by atoms with Gasteiger partial charge in [-0.05, 0) is 87.3 Å². The van der Waals surface area contributed by atoms with E-state index in [0.717, 1.165) is 67.3 Å². The molecular formula is C57H39N3. The van der Waals surface area contributed by atoms with Crippen molar-refractivity contribution >= 4 is 44.4 Å². The number of imidazole rings is 1. The fourth-order valence-corrected chi connectivity index (χ4v) is 8.65. The first-order valence-corrected chi connectivity index (χ1v) is 20.5. The summed E-state index contributed by atoms with van der Waals surface area (Å²) in [5.41, 5.74) is 16.8. The standard InChI is InChI=1S/C57H39N3/c1-5-15-40(16-6-1)42-25-32-48(33-26-42)59(49-34-27-43(28-35-49)41-17-7-2-8-18-41)50-36-29-44(30-37-50)47-31-38-54-53(39-47)51-23-13-14-24-52(51)57-58-55(45-19-9-3-10-20-45)56(60(54)57)46-21-11-4-12-22-46/h1-39H. The van der Waals surface area contributed by atoms with Gasteiger partial charge in [0.05, 0.1) is 16.9 Å². The predicted octanol–water partition coefficient (Wildman–Crippen LogP) is 15.4. The van der Waals surface area contributed by atoms with E-state index >= 15 is 0 Å². The van der Waals surface area contributed by atoms with Gasteiger partial charge in [0.1, 0.15) is 5.65 Å². The lowest BCUT2D eigenvalue weighted by atomic mass is 9.99. The van der Waals surface area contributed by atoms with Gasteiger partial charge in [-0.25, -0.2) is 4.98 Å². The van der Waals surface area contributed by atoms with Gasteiger partial charge in [0.15, 0.2) is 0 Å². The summed E-state index contributed by atoms with van der Waals surface area (Å²) in [5, 5.41) is 3.50. The number of pyridine rings is 1. The average Bonchev–Trinajstić information content (AvgIpc) is 3.75. The molecule has 60 heavy (non-hydrogen) atoms. The summed E-state index contributed by atoms with van der Waals surface area (Å²) >= 11 is 0. The molecular weight excluding hydrogens is 727 g/mol. The van der Waals surface area contributed by atoms with Gasteiger partial charge in [0.25, 0.3) is 0 Å². The van der Waals surface area contributed by atoms with Crippen LogP contribution in [0.15, 0.2) is 237 Å². The molecule has 9 aromatic carbocycles. The Morgan fingerprint density at radius 3 is 1.18 bits per heavy atom. The Morgan fingerprint density at radius 1 is 0.300 bits per heavy atom. The van der Waals surface area contributed by atoms with Gasteiger partial charge in [0.2, 0.25) is 0 Å². The highest BCUT2D eigenvalue weighted by Gasteiger charge is 2.21. The van der Waals surface area contributed by atoms with Crippen LogP contribution in [0.1, 0.15) is 0 Å². The van der Waals surface area contributed by atoms with Crippen LogP contribution in [-0.4, -0.2) is 9.38 Å². The second-order valence-electron chi connectivity index (χ2n) is 15.2. The Bertz CT molecular complexity index is 3160. The zero-order valence-corrected chi connectivity index (χ0v) is 32.9. The molecule has 0 radical (unpaired) electrons. The van der Waals surface area contributed by atoms with Crippen molar-refractivity contribution < 1.29 is 0 Å². The van der Waals surface area contributed by atoms with Crippen molar-refractivity contribution in [3.8, 4) is 55.9 Å². The minimum absolute atomic E-state index is 0.960. The van der Waals surface area contributed by atoms with Crippen LogP contribution in [0.25, 0.3) is 83.2 Å². The van der Waals surface area contributed by atoms with E-state index in [1.54, 1.807) is 0 Å². The van der Waals surface area contributed by atoms with Crippen molar-refractivity contribution in [2.45, 2.75) is 0 Å². The zero-order valence-electron chi connectivity index (χ0n) is 32.9. The molecule has 2 heterocycles. The quantitative estimate of drug-likeness (QED) is 0.144. The molecule has 0 bridgehead atoms. The lowest BCUT2D eigenvalue weighted by molar-refractivity contribution is 1.27. The van der Waals surface area contributed by atoms with Crippen molar-refractivity contribution in [1.29, 1.82) is 0 Å². The second-order valence-corrected chi connectivity index (χ2v) is 15.2. The summed E-state index contributed by atoms with van der Waals surface area (Å²) in [7, 11) is 0. The van der Waals surface area contributed by atoms with E-state index < -0.39 is 0 Å². The first-order valence-electron chi connectivity index (χ1n) is 20.5. The fraction of sp³-hybridized carbons (Fsp3) is 0. The van der Waals surface area contributed by atoms with Crippen molar-refractivity contribution in [2.75, 3.05) is 4.90 Å². The molecule has 11 rings (SSSR count). The molecule has 0 saturated heterocycles. The SMILES string of the molecule is c1ccc(-c2ccc(N(c3ccc(-c4ccccc4)cc3)c3ccc(-c4ccc5c(c4)c4ccccc4c4nc(-c6ccccc6)c(-c6ccccc6)n54)cc3)cc2)cc1. The monoisotopic (exact) mass is 765 g/mol. The first kappa shape index (κ1) is 35.2. The number of anilines is 3. The van der Waals surface area contributed by atoms with Gasteiger partial charge in [-0.2, -0.15) is 0 Å². The number of fused-ring (bicyclic) bond motifs is 6. The predicted molar refractivity (Wildman–Crippen MR) is 252 cm³/mol. The molecule has 11 aromatic rings. The van der Waals surface area contributed by atoms with Gasteiger partial charge < -0.3 is 4.90 Å². The minimum Gasteiger partial charge on any atom is -0.311 e. The summed E-state index contributed by atoms with van der Waals surface area (Å²) < 4.78 is 2.37. The third-order valence-corrected chi connectivity index (χ3v) is 11.6. The normalized spacial score (nSPS) is 11.3. The lowest BCUT2D eigenvalue weighted by Gasteiger charge is -2.26. The van der Waals surface area contributed by atoms with Gasteiger partial charge in [-0.15, -0.1) is 0 Å². The number of hydrogen-bond donors (Lipinski definition) is 0. The van der Waals surface area contributed by atoms with Crippen molar-refractivity contribution in [3.63, 3.8) is 0 Å². The molecule has 0 amide bonds. The van der Waals surface area contributed by atoms with Crippen LogP contribution in [0.4, 0.5) is 17.1 Å². The summed E-state index contributed by atoms with van der Waals surface area (Å²) in [4.78, 5) is 7.73. The van der Waals surface area contributed by atoms with E-state index in [4.69, 9.17) is 4.98 Å². The van der Waals surface area contributed by atoms with Crippen molar-refractivity contribution in [2.24, 2.45) is 0 Å². The Hall–Kier alpha value is -8.01. The summed E-state index contributed by atoms with van der Waals surface area (Å²) in [6.45, 7) is 0. The molecule has 2 aromatic heterocycles. The number of nitrogens with zero attached hydrogens (tertiary/aromatic N) is 3. The Labute approximate surface area is 349 Å². The topological polar surface area (TPSA) is 20.5 Å². The first-order chi connectivity index (χ1) is 29.8. The van der Waals surface area contributed by atoms with Crippen molar-refractivity contribution in [1.82, 2.24) is 9.38 Å². The molecule has 282 valence electrons. The molecule has 0 spiro atoms. The Morgan fingerprint density at radius 2 is 0.683 bits per heavy atom. The third kappa shape index (κ3) is 6.30. The maximum absolute atomic E-state index is 5.39. The van der Waals surface area contributed by atoms with Gasteiger partial charge in [-0.3, -0.25) is 4.40 Å². The second kappa shape index (κ2) is 15.1. The summed E-state index contributed by atoms with van der Waals surface area (Å²) in [5.74, 6) is 0. The van der Waals surface area contributed by atoms with Crippen LogP contribution in [0.5, 0.6) is 0 Å². The number of hydrogen-bond acceptors (Lipinski definition) is 2. The smallest absolute Gasteiger partial charge is 0.146 e. The van der Waals surface area contributed by atoms with Crippen LogP contribution in [0.3, 0.4) is 0 Å². The molecule has 3 heteroatoms. The van der Waals surface area contributed by atoms with Crippen LogP contribution in [0, 0.1) is 0 Å². The van der Waals surface area contributed by atoms with E-state index in [2.05, 4.69) is 246 Å². The maximum Gasteiger partial charge on any atom is 0.146 e. The third-order valence-electron chi connectivity index (χ3n) is 11.6. The molecule has 0 aliphatic carbocycles. The van der Waals surface area contributed by atoms with E-state index in [-0.39, 0.29) is 0 Å². The summed E-state index contributed by atoms with van der Waals surface area (Å²) in [6.07, 6.45) is 0. The van der Waals surface area contributed by atoms with E-state index in [0.29, 0.717) is 0 Å². The molecule has 0 unspecified atom stereocenters. The van der Waals surface area contributed by atoms with E-state index in [9.17, 15) is 0 Å². The van der Waals surface area contributed by atoms with E-state index in [1.165, 1.54) is 33.0 Å². The minimum atomic E-state index is 0.960. The number of aromatic nitrogens is 2. The molecule has 3 nitrogen and oxygen atoms in total. The molecule has 0 saturated carbocycles. The largest absolute Gasteiger partial charge is 0.311 e. The van der Waals surface area contributed by atoms with Gasteiger partial charge in [0, 0.05) is 39.0 Å². The van der Waals surface area contributed by atoms with Crippen molar-refractivity contribution in [3.05, 3.63) is 237 Å². The number of benzene rings is 9. The van der Waals surface area contributed by atoms with Gasteiger partial charge >= 0.3 is 0 Å². The Kier molecular flexibility index (Phi) is 8.83. The van der Waals surface area contributed by atoms with Crippen LogP contribution in [0.2, 0.25) is 0 Å². The summed E-state index contributed by atoms with van der Waals surface area (Å²) in [6, 6.07) is 84.6. The van der Waals surface area contributed by atoms with E-state index in [1.807, 2.05) is 0 Å². The maximum atomic E-state index is 5.39. The highest BCUT2D eigenvalue weighted by molar-refractivity contribution is 6.14. The van der Waals surface area contributed by atoms with Gasteiger partial charge in [-0.1, -0.05) is 188 Å². The molecule has 0 N–H and O–H groups in total. The molecule has 0 aliphatic heterocycles. The molecule has 0 fully saturated rings. The highest BCUT2D eigenvalue weighted by atomic mass is 15.1. The Balaban J connectivity index is 1.03. The number of rotatable bonds is 8. The lowest BCUT2D eigenvalue weighted by Crippen LogP contribution is -2.09. The average molecular weight is 766 g/mol. The zero-order chi connectivity index (χ0) is 39.8. The van der Waals surface area contributed by atoms with Crippen LogP contribution < -0.4 is 4.90 Å². The highest BCUT2D eigenvalue weighted by Crippen LogP contribution is 2.41.